The van der Waals surface area contributed by atoms with E-state index < -0.39 is 0 Å². The van der Waals surface area contributed by atoms with Crippen molar-refractivity contribution in [1.29, 1.82) is 0 Å². The van der Waals surface area contributed by atoms with E-state index in [0.717, 1.165) is 24.5 Å². The molecule has 1 aliphatic rings. The number of aromatic nitrogens is 1. The third-order valence-corrected chi connectivity index (χ3v) is 2.57. The van der Waals surface area contributed by atoms with Gasteiger partial charge in [0, 0.05) is 12.6 Å². The average molecular weight is 225 g/mol. The minimum atomic E-state index is 0.0322. The van der Waals surface area contributed by atoms with Crippen molar-refractivity contribution in [1.82, 2.24) is 10.3 Å². The molecule has 15 heavy (non-hydrogen) atoms. The van der Waals surface area contributed by atoms with Crippen LogP contribution in [-0.4, -0.2) is 18.6 Å². The van der Waals surface area contributed by atoms with Crippen LogP contribution in [-0.2, 0) is 4.74 Å². The van der Waals surface area contributed by atoms with Gasteiger partial charge in [0.1, 0.15) is 11.8 Å². The van der Waals surface area contributed by atoms with Crippen molar-refractivity contribution in [2.24, 2.45) is 0 Å². The Balaban J connectivity index is 2.22. The predicted molar refractivity (Wildman–Crippen MR) is 59.7 cm³/mol. The van der Waals surface area contributed by atoms with Gasteiger partial charge in [-0.1, -0.05) is 11.6 Å². The Bertz CT molecular complexity index is 361. The van der Waals surface area contributed by atoms with Crippen LogP contribution in [0.25, 0.3) is 0 Å². The molecule has 1 atom stereocenters. The minimum Gasteiger partial charge on any atom is -0.496 e. The van der Waals surface area contributed by atoms with E-state index in [2.05, 4.69) is 16.4 Å². The maximum atomic E-state index is 5.79. The van der Waals surface area contributed by atoms with Crippen LogP contribution in [0.4, 0.5) is 0 Å². The molecule has 0 aromatic carbocycles. The molecule has 0 radical (unpaired) electrons. The van der Waals surface area contributed by atoms with Crippen molar-refractivity contribution < 1.29 is 4.74 Å². The molecule has 2 rings (SSSR count). The molecule has 80 valence electrons. The first-order chi connectivity index (χ1) is 7.31. The summed E-state index contributed by atoms with van der Waals surface area (Å²) in [5.41, 5.74) is 0.926. The number of ether oxygens (including phenoxy) is 1. The zero-order chi connectivity index (χ0) is 10.7. The summed E-state index contributed by atoms with van der Waals surface area (Å²) in [6.07, 6.45) is 4.72. The van der Waals surface area contributed by atoms with Gasteiger partial charge in [0.25, 0.3) is 0 Å². The van der Waals surface area contributed by atoms with Crippen molar-refractivity contribution in [3.63, 3.8) is 0 Å². The van der Waals surface area contributed by atoms with E-state index in [9.17, 15) is 0 Å². The normalized spacial score (nSPS) is 17.1. The third-order valence-electron chi connectivity index (χ3n) is 2.35. The van der Waals surface area contributed by atoms with Crippen LogP contribution >= 0.6 is 11.6 Å². The summed E-state index contributed by atoms with van der Waals surface area (Å²) in [6, 6.07) is 3.78. The molecule has 1 unspecified atom stereocenters. The maximum absolute atomic E-state index is 5.79. The molecule has 0 saturated heterocycles. The summed E-state index contributed by atoms with van der Waals surface area (Å²) >= 11 is 5.79. The fourth-order valence-corrected chi connectivity index (χ4v) is 1.74. The summed E-state index contributed by atoms with van der Waals surface area (Å²) < 4.78 is 5.52. The predicted octanol–water partition coefficient (Wildman–Crippen LogP) is 2.30. The quantitative estimate of drug-likeness (QED) is 0.856. The Labute approximate surface area is 94.1 Å². The van der Waals surface area contributed by atoms with E-state index in [1.54, 1.807) is 6.20 Å². The second kappa shape index (κ2) is 4.64. The number of rotatable bonds is 3. The highest BCUT2D eigenvalue weighted by Gasteiger charge is 2.19. The molecule has 1 aromatic heterocycles. The maximum Gasteiger partial charge on any atom is 0.115 e. The smallest absolute Gasteiger partial charge is 0.115 e. The van der Waals surface area contributed by atoms with Gasteiger partial charge in [0.15, 0.2) is 0 Å². The largest absolute Gasteiger partial charge is 0.496 e. The van der Waals surface area contributed by atoms with Gasteiger partial charge in [-0.3, -0.25) is 4.98 Å². The molecule has 3 nitrogen and oxygen atoms in total. The monoisotopic (exact) mass is 224 g/mol. The van der Waals surface area contributed by atoms with Gasteiger partial charge in [0.2, 0.25) is 0 Å². The number of pyridine rings is 1. The second-order valence-corrected chi connectivity index (χ2v) is 3.80. The second-order valence-electron chi connectivity index (χ2n) is 3.37. The molecule has 1 aliphatic heterocycles. The molecular weight excluding hydrogens is 212 g/mol. The molecule has 0 saturated carbocycles. The minimum absolute atomic E-state index is 0.0322. The van der Waals surface area contributed by atoms with E-state index in [-0.39, 0.29) is 6.04 Å². The summed E-state index contributed by atoms with van der Waals surface area (Å²) in [7, 11) is 1.89. The lowest BCUT2D eigenvalue weighted by atomic mass is 10.1. The van der Waals surface area contributed by atoms with E-state index >= 15 is 0 Å². The number of hydrogen-bond acceptors (Lipinski definition) is 3. The topological polar surface area (TPSA) is 34.1 Å². The summed E-state index contributed by atoms with van der Waals surface area (Å²) in [5.74, 6) is 0.951. The Morgan fingerprint density at radius 3 is 2.93 bits per heavy atom. The molecular formula is C11H13ClN2O. The lowest BCUT2D eigenvalue weighted by Gasteiger charge is -2.16. The molecule has 0 fully saturated rings. The first-order valence-electron chi connectivity index (χ1n) is 4.93. The molecule has 0 spiro atoms. The van der Waals surface area contributed by atoms with Crippen molar-refractivity contribution in [2.75, 3.05) is 13.7 Å². The Morgan fingerprint density at radius 1 is 1.53 bits per heavy atom. The lowest BCUT2D eigenvalue weighted by Crippen LogP contribution is -2.20. The Kier molecular flexibility index (Phi) is 3.23. The van der Waals surface area contributed by atoms with Gasteiger partial charge < -0.3 is 10.1 Å². The zero-order valence-electron chi connectivity index (χ0n) is 8.53. The third kappa shape index (κ3) is 2.30. The van der Waals surface area contributed by atoms with Crippen LogP contribution in [0.15, 0.2) is 30.2 Å². The van der Waals surface area contributed by atoms with Crippen LogP contribution in [0.3, 0.4) is 0 Å². The van der Waals surface area contributed by atoms with E-state index in [4.69, 9.17) is 16.3 Å². The van der Waals surface area contributed by atoms with E-state index in [1.165, 1.54) is 0 Å². The fourth-order valence-electron chi connectivity index (χ4n) is 1.63. The molecule has 0 bridgehead atoms. The van der Waals surface area contributed by atoms with Crippen molar-refractivity contribution in [3.05, 3.63) is 40.9 Å². The highest BCUT2D eigenvalue weighted by Crippen LogP contribution is 2.25. The molecule has 0 aliphatic carbocycles. The Morgan fingerprint density at radius 2 is 2.40 bits per heavy atom. The van der Waals surface area contributed by atoms with Crippen molar-refractivity contribution >= 4 is 11.6 Å². The van der Waals surface area contributed by atoms with Crippen LogP contribution < -0.4 is 5.32 Å². The molecule has 0 amide bonds. The van der Waals surface area contributed by atoms with Gasteiger partial charge in [-0.05, 0) is 25.3 Å². The number of halogens is 1. The fraction of sp³-hybridized carbons (Fsp3) is 0.364. The van der Waals surface area contributed by atoms with Gasteiger partial charge in [-0.15, -0.1) is 0 Å². The number of nitrogens with zero attached hydrogens (tertiary/aromatic N) is 1. The highest BCUT2D eigenvalue weighted by atomic mass is 35.5. The Hall–Kier alpha value is -1.06. The molecule has 4 heteroatoms. The number of likely N-dealkylation sites (N-methyl/N-ethyl adjacent to an activating group) is 1. The van der Waals surface area contributed by atoms with Gasteiger partial charge in [-0.25, -0.2) is 0 Å². The summed E-state index contributed by atoms with van der Waals surface area (Å²) in [6.45, 7) is 0.765. The standard InChI is InChI=1S/C11H13ClN2O/c1-13-11(10-3-2-6-15-10)9-5-4-8(12)7-14-9/h3-5,7,11,13H,2,6H2,1H3. The first-order valence-corrected chi connectivity index (χ1v) is 5.30. The van der Waals surface area contributed by atoms with Crippen LogP contribution in [0.1, 0.15) is 18.2 Å². The van der Waals surface area contributed by atoms with Gasteiger partial charge in [-0.2, -0.15) is 0 Å². The highest BCUT2D eigenvalue weighted by molar-refractivity contribution is 6.30. The van der Waals surface area contributed by atoms with Gasteiger partial charge in [0.05, 0.1) is 17.3 Å². The van der Waals surface area contributed by atoms with Gasteiger partial charge >= 0.3 is 0 Å². The van der Waals surface area contributed by atoms with Crippen LogP contribution in [0, 0.1) is 0 Å². The number of hydrogen-bond donors (Lipinski definition) is 1. The zero-order valence-corrected chi connectivity index (χ0v) is 9.29. The van der Waals surface area contributed by atoms with Crippen LogP contribution in [0.5, 0.6) is 0 Å². The summed E-state index contributed by atoms with van der Waals surface area (Å²) in [5, 5.41) is 3.83. The van der Waals surface area contributed by atoms with E-state index in [0.29, 0.717) is 5.02 Å². The van der Waals surface area contributed by atoms with E-state index in [1.807, 2.05) is 19.2 Å². The summed E-state index contributed by atoms with van der Waals surface area (Å²) in [4.78, 5) is 4.28. The molecule has 2 heterocycles. The SMILES string of the molecule is CNC(C1=CCCO1)c1ccc(Cl)cn1. The lowest BCUT2D eigenvalue weighted by molar-refractivity contribution is 0.217. The molecule has 1 aromatic rings. The van der Waals surface area contributed by atoms with Crippen molar-refractivity contribution in [3.8, 4) is 0 Å². The van der Waals surface area contributed by atoms with Crippen LogP contribution in [0.2, 0.25) is 5.02 Å². The van der Waals surface area contributed by atoms with Crippen molar-refractivity contribution in [2.45, 2.75) is 12.5 Å². The molecule has 1 N–H and O–H groups in total. The first kappa shape index (κ1) is 10.5. The number of nitrogens with one attached hydrogen (secondary N) is 1. The average Bonchev–Trinajstić information content (AvgIpc) is 2.75.